The monoisotopic (exact) mass is 219 g/mol. The van der Waals surface area contributed by atoms with Gasteiger partial charge >= 0.3 is 0 Å². The molecule has 0 spiro atoms. The molecule has 0 bridgehead atoms. The summed E-state index contributed by atoms with van der Waals surface area (Å²) < 4.78 is 1.85. The Morgan fingerprint density at radius 3 is 2.88 bits per heavy atom. The van der Waals surface area contributed by atoms with Crippen LogP contribution in [-0.4, -0.2) is 9.78 Å². The van der Waals surface area contributed by atoms with E-state index in [9.17, 15) is 0 Å². The van der Waals surface area contributed by atoms with E-state index in [2.05, 4.69) is 11.2 Å². The molecule has 1 aromatic rings. The summed E-state index contributed by atoms with van der Waals surface area (Å²) in [5.74, 6) is 0. The van der Waals surface area contributed by atoms with E-state index in [0.717, 1.165) is 12.1 Å². The van der Waals surface area contributed by atoms with E-state index in [-0.39, 0.29) is 6.04 Å². The molecule has 2 rings (SSSR count). The average Bonchev–Trinajstić information content (AvgIpc) is 2.49. The molecule has 1 aromatic heterocycles. The SMILES string of the molecule is Cc1nn(C)cc1C(N)C1=CCCCCC1. The predicted octanol–water partition coefficient (Wildman–Crippen LogP) is 2.62. The van der Waals surface area contributed by atoms with Crippen LogP contribution in [0.15, 0.2) is 17.8 Å². The highest BCUT2D eigenvalue weighted by molar-refractivity contribution is 5.29. The van der Waals surface area contributed by atoms with Crippen LogP contribution in [0.3, 0.4) is 0 Å². The zero-order valence-electron chi connectivity index (χ0n) is 10.2. The molecule has 1 aliphatic carbocycles. The van der Waals surface area contributed by atoms with E-state index in [1.807, 2.05) is 24.9 Å². The maximum absolute atomic E-state index is 6.33. The van der Waals surface area contributed by atoms with Gasteiger partial charge in [0.1, 0.15) is 0 Å². The Labute approximate surface area is 97.3 Å². The van der Waals surface area contributed by atoms with Crippen molar-refractivity contribution in [1.29, 1.82) is 0 Å². The van der Waals surface area contributed by atoms with Crippen molar-refractivity contribution in [2.75, 3.05) is 0 Å². The summed E-state index contributed by atoms with van der Waals surface area (Å²) >= 11 is 0. The Bertz CT molecular complexity index is 390. The van der Waals surface area contributed by atoms with E-state index in [4.69, 9.17) is 5.73 Å². The third kappa shape index (κ3) is 2.35. The lowest BCUT2D eigenvalue weighted by atomic mass is 9.96. The lowest BCUT2D eigenvalue weighted by Crippen LogP contribution is -2.13. The van der Waals surface area contributed by atoms with Crippen molar-refractivity contribution < 1.29 is 0 Å². The van der Waals surface area contributed by atoms with Crippen LogP contribution < -0.4 is 5.73 Å². The number of nitrogens with two attached hydrogens (primary N) is 1. The van der Waals surface area contributed by atoms with Gasteiger partial charge in [-0.2, -0.15) is 5.10 Å². The number of nitrogens with zero attached hydrogens (tertiary/aromatic N) is 2. The third-order valence-electron chi connectivity index (χ3n) is 3.36. The molecule has 1 heterocycles. The second-order valence-corrected chi connectivity index (χ2v) is 4.70. The standard InChI is InChI=1S/C13H21N3/c1-10-12(9-16(2)15-10)13(14)11-7-5-3-4-6-8-11/h7,9,13H,3-6,8,14H2,1-2H3. The summed E-state index contributed by atoms with van der Waals surface area (Å²) in [6.07, 6.45) is 10.6. The smallest absolute Gasteiger partial charge is 0.0644 e. The van der Waals surface area contributed by atoms with Crippen LogP contribution >= 0.6 is 0 Å². The molecule has 2 N–H and O–H groups in total. The van der Waals surface area contributed by atoms with Crippen LogP contribution in [0.2, 0.25) is 0 Å². The summed E-state index contributed by atoms with van der Waals surface area (Å²) in [5, 5.41) is 4.36. The first-order valence-corrected chi connectivity index (χ1v) is 6.13. The minimum absolute atomic E-state index is 0.0480. The highest BCUT2D eigenvalue weighted by Gasteiger charge is 2.17. The molecule has 88 valence electrons. The second kappa shape index (κ2) is 4.83. The minimum Gasteiger partial charge on any atom is -0.320 e. The van der Waals surface area contributed by atoms with Gasteiger partial charge in [0.25, 0.3) is 0 Å². The fourth-order valence-corrected chi connectivity index (χ4v) is 2.45. The number of allylic oxidation sites excluding steroid dienone is 1. The maximum atomic E-state index is 6.33. The number of hydrogen-bond acceptors (Lipinski definition) is 2. The highest BCUT2D eigenvalue weighted by Crippen LogP contribution is 2.28. The van der Waals surface area contributed by atoms with Gasteiger partial charge < -0.3 is 5.73 Å². The number of aryl methyl sites for hydroxylation is 2. The van der Waals surface area contributed by atoms with Gasteiger partial charge in [-0.05, 0) is 32.6 Å². The zero-order chi connectivity index (χ0) is 11.5. The fraction of sp³-hybridized carbons (Fsp3) is 0.615. The van der Waals surface area contributed by atoms with Crippen molar-refractivity contribution in [2.24, 2.45) is 12.8 Å². The molecule has 0 radical (unpaired) electrons. The van der Waals surface area contributed by atoms with Crippen LogP contribution in [0.4, 0.5) is 0 Å². The first kappa shape index (κ1) is 11.4. The Hall–Kier alpha value is -1.09. The summed E-state index contributed by atoms with van der Waals surface area (Å²) in [4.78, 5) is 0. The molecule has 0 saturated heterocycles. The Morgan fingerprint density at radius 1 is 1.38 bits per heavy atom. The van der Waals surface area contributed by atoms with Gasteiger partial charge in [-0.1, -0.05) is 18.1 Å². The first-order valence-electron chi connectivity index (χ1n) is 6.13. The summed E-state index contributed by atoms with van der Waals surface area (Å²) in [6, 6.07) is 0.0480. The molecule has 0 amide bonds. The fourth-order valence-electron chi connectivity index (χ4n) is 2.45. The highest BCUT2D eigenvalue weighted by atomic mass is 15.2. The van der Waals surface area contributed by atoms with Gasteiger partial charge in [0.05, 0.1) is 11.7 Å². The minimum atomic E-state index is 0.0480. The lowest BCUT2D eigenvalue weighted by Gasteiger charge is -2.14. The molecule has 3 heteroatoms. The van der Waals surface area contributed by atoms with E-state index >= 15 is 0 Å². The van der Waals surface area contributed by atoms with E-state index in [0.29, 0.717) is 0 Å². The van der Waals surface area contributed by atoms with Crippen molar-refractivity contribution in [2.45, 2.75) is 45.1 Å². The molecular formula is C13H21N3. The average molecular weight is 219 g/mol. The van der Waals surface area contributed by atoms with Crippen LogP contribution in [0.1, 0.15) is 49.4 Å². The lowest BCUT2D eigenvalue weighted by molar-refractivity contribution is 0.687. The molecule has 1 atom stereocenters. The molecule has 0 aliphatic heterocycles. The molecule has 16 heavy (non-hydrogen) atoms. The van der Waals surface area contributed by atoms with Gasteiger partial charge in [0.15, 0.2) is 0 Å². The molecule has 3 nitrogen and oxygen atoms in total. The summed E-state index contributed by atoms with van der Waals surface area (Å²) in [6.45, 7) is 2.03. The largest absolute Gasteiger partial charge is 0.320 e. The van der Waals surface area contributed by atoms with Gasteiger partial charge in [-0.15, -0.1) is 0 Å². The van der Waals surface area contributed by atoms with Crippen molar-refractivity contribution in [1.82, 2.24) is 9.78 Å². The van der Waals surface area contributed by atoms with Gasteiger partial charge in [0, 0.05) is 18.8 Å². The topological polar surface area (TPSA) is 43.8 Å². The van der Waals surface area contributed by atoms with E-state index in [1.165, 1.54) is 36.8 Å². The number of aromatic nitrogens is 2. The number of rotatable bonds is 2. The van der Waals surface area contributed by atoms with Crippen molar-refractivity contribution in [3.8, 4) is 0 Å². The molecule has 0 saturated carbocycles. The van der Waals surface area contributed by atoms with Gasteiger partial charge in [-0.25, -0.2) is 0 Å². The van der Waals surface area contributed by atoms with Gasteiger partial charge in [0.2, 0.25) is 0 Å². The van der Waals surface area contributed by atoms with Gasteiger partial charge in [-0.3, -0.25) is 4.68 Å². The quantitative estimate of drug-likeness (QED) is 0.777. The Kier molecular flexibility index (Phi) is 3.44. The Morgan fingerprint density at radius 2 is 2.19 bits per heavy atom. The van der Waals surface area contributed by atoms with Crippen molar-refractivity contribution in [3.63, 3.8) is 0 Å². The zero-order valence-corrected chi connectivity index (χ0v) is 10.2. The van der Waals surface area contributed by atoms with Crippen LogP contribution in [0.5, 0.6) is 0 Å². The predicted molar refractivity (Wildman–Crippen MR) is 66.0 cm³/mol. The van der Waals surface area contributed by atoms with Crippen LogP contribution in [0.25, 0.3) is 0 Å². The number of hydrogen-bond donors (Lipinski definition) is 1. The third-order valence-corrected chi connectivity index (χ3v) is 3.36. The Balaban J connectivity index is 2.20. The van der Waals surface area contributed by atoms with Crippen molar-refractivity contribution >= 4 is 0 Å². The molecule has 0 aromatic carbocycles. The van der Waals surface area contributed by atoms with E-state index in [1.54, 1.807) is 0 Å². The molecular weight excluding hydrogens is 198 g/mol. The van der Waals surface area contributed by atoms with E-state index < -0.39 is 0 Å². The summed E-state index contributed by atoms with van der Waals surface area (Å²) in [5.41, 5.74) is 9.96. The van der Waals surface area contributed by atoms with Crippen LogP contribution in [-0.2, 0) is 7.05 Å². The maximum Gasteiger partial charge on any atom is 0.0644 e. The van der Waals surface area contributed by atoms with Crippen LogP contribution in [0, 0.1) is 6.92 Å². The second-order valence-electron chi connectivity index (χ2n) is 4.70. The van der Waals surface area contributed by atoms with Crippen molar-refractivity contribution in [3.05, 3.63) is 29.1 Å². The first-order chi connectivity index (χ1) is 7.68. The molecule has 1 unspecified atom stereocenters. The molecule has 1 aliphatic rings. The molecule has 0 fully saturated rings. The summed E-state index contributed by atoms with van der Waals surface area (Å²) in [7, 11) is 1.95. The normalized spacial score (nSPS) is 19.1.